The smallest absolute Gasteiger partial charge is 0.289 e. The Bertz CT molecular complexity index is 369. The Morgan fingerprint density at radius 1 is 1.50 bits per heavy atom. The molecule has 0 spiro atoms. The zero-order chi connectivity index (χ0) is 11.5. The van der Waals surface area contributed by atoms with E-state index in [0.29, 0.717) is 18.8 Å². The number of carbonyl (C=O) groups excluding carboxylic acids is 1. The lowest BCUT2D eigenvalue weighted by Crippen LogP contribution is -2.40. The Kier molecular flexibility index (Phi) is 3.51. The first kappa shape index (κ1) is 11.5. The molecule has 1 aliphatic rings. The molecule has 2 rings (SSSR count). The van der Waals surface area contributed by atoms with Crippen LogP contribution in [0.3, 0.4) is 0 Å². The van der Waals surface area contributed by atoms with Crippen molar-refractivity contribution in [1.29, 1.82) is 0 Å². The van der Waals surface area contributed by atoms with Crippen molar-refractivity contribution in [2.24, 2.45) is 0 Å². The van der Waals surface area contributed by atoms with Crippen LogP contribution in [0.2, 0.25) is 5.22 Å². The van der Waals surface area contributed by atoms with Crippen molar-refractivity contribution in [3.05, 3.63) is 23.1 Å². The summed E-state index contributed by atoms with van der Waals surface area (Å²) >= 11 is 5.63. The fraction of sp³-hybridized carbons (Fsp3) is 0.545. The van der Waals surface area contributed by atoms with E-state index in [1.54, 1.807) is 24.1 Å². The number of nitrogens with zero attached hydrogens (tertiary/aromatic N) is 1. The van der Waals surface area contributed by atoms with Gasteiger partial charge in [0, 0.05) is 20.2 Å². The molecule has 1 saturated heterocycles. The number of halogens is 1. The van der Waals surface area contributed by atoms with Crippen LogP contribution in [0.5, 0.6) is 0 Å². The fourth-order valence-corrected chi connectivity index (χ4v) is 2.03. The number of likely N-dealkylation sites (tertiary alicyclic amines) is 1. The first-order chi connectivity index (χ1) is 7.70. The molecule has 2 heterocycles. The average molecular weight is 244 g/mol. The SMILES string of the molecule is COC1CCN(C(=O)c2ccc(Cl)o2)CC1. The van der Waals surface area contributed by atoms with Crippen molar-refractivity contribution in [1.82, 2.24) is 4.90 Å². The Morgan fingerprint density at radius 3 is 2.69 bits per heavy atom. The Balaban J connectivity index is 1.96. The zero-order valence-electron chi connectivity index (χ0n) is 9.11. The van der Waals surface area contributed by atoms with Gasteiger partial charge >= 0.3 is 0 Å². The molecule has 1 amide bonds. The van der Waals surface area contributed by atoms with Crippen LogP contribution in [0.1, 0.15) is 23.4 Å². The first-order valence-electron chi connectivity index (χ1n) is 5.28. The van der Waals surface area contributed by atoms with E-state index in [0.717, 1.165) is 12.8 Å². The minimum Gasteiger partial charge on any atom is -0.440 e. The predicted octanol–water partition coefficient (Wildman–Crippen LogP) is 2.18. The topological polar surface area (TPSA) is 42.7 Å². The van der Waals surface area contributed by atoms with E-state index in [2.05, 4.69) is 0 Å². The van der Waals surface area contributed by atoms with Crippen molar-refractivity contribution in [2.45, 2.75) is 18.9 Å². The lowest BCUT2D eigenvalue weighted by atomic mass is 10.1. The first-order valence-corrected chi connectivity index (χ1v) is 5.66. The van der Waals surface area contributed by atoms with Crippen LogP contribution in [0.25, 0.3) is 0 Å². The van der Waals surface area contributed by atoms with Gasteiger partial charge in [-0.15, -0.1) is 0 Å². The molecule has 0 saturated carbocycles. The minimum absolute atomic E-state index is 0.0959. The van der Waals surface area contributed by atoms with E-state index in [9.17, 15) is 4.79 Å². The summed E-state index contributed by atoms with van der Waals surface area (Å²) in [5, 5.41) is 0.245. The van der Waals surface area contributed by atoms with Crippen molar-refractivity contribution < 1.29 is 13.9 Å². The van der Waals surface area contributed by atoms with Gasteiger partial charge in [0.25, 0.3) is 5.91 Å². The van der Waals surface area contributed by atoms with Gasteiger partial charge in [-0.1, -0.05) is 0 Å². The third-order valence-corrected chi connectivity index (χ3v) is 3.05. The van der Waals surface area contributed by atoms with Gasteiger partial charge in [-0.05, 0) is 36.6 Å². The van der Waals surface area contributed by atoms with Crippen LogP contribution < -0.4 is 0 Å². The van der Waals surface area contributed by atoms with Crippen LogP contribution >= 0.6 is 11.6 Å². The zero-order valence-corrected chi connectivity index (χ0v) is 9.87. The van der Waals surface area contributed by atoms with E-state index in [1.165, 1.54) is 0 Å². The second-order valence-corrected chi connectivity index (χ2v) is 4.20. The summed E-state index contributed by atoms with van der Waals surface area (Å²) in [5.74, 6) is 0.210. The summed E-state index contributed by atoms with van der Waals surface area (Å²) in [5.41, 5.74) is 0. The molecule has 1 aromatic rings. The molecule has 0 unspecified atom stereocenters. The Labute approximate surface area is 99.1 Å². The largest absolute Gasteiger partial charge is 0.440 e. The van der Waals surface area contributed by atoms with Gasteiger partial charge in [0.05, 0.1) is 6.10 Å². The van der Waals surface area contributed by atoms with Crippen LogP contribution in [-0.2, 0) is 4.74 Å². The molecule has 0 radical (unpaired) electrons. The van der Waals surface area contributed by atoms with Gasteiger partial charge in [-0.25, -0.2) is 0 Å². The highest BCUT2D eigenvalue weighted by Crippen LogP contribution is 2.18. The molecule has 0 aliphatic carbocycles. The number of furan rings is 1. The number of hydrogen-bond acceptors (Lipinski definition) is 3. The van der Waals surface area contributed by atoms with Gasteiger partial charge in [0.15, 0.2) is 11.0 Å². The lowest BCUT2D eigenvalue weighted by molar-refractivity contribution is 0.0334. The van der Waals surface area contributed by atoms with Gasteiger partial charge in [-0.3, -0.25) is 4.79 Å². The highest BCUT2D eigenvalue weighted by molar-refractivity contribution is 6.29. The third-order valence-electron chi connectivity index (χ3n) is 2.85. The molecule has 0 atom stereocenters. The molecule has 5 heteroatoms. The van der Waals surface area contributed by atoms with Crippen molar-refractivity contribution in [2.75, 3.05) is 20.2 Å². The molecular weight excluding hydrogens is 230 g/mol. The maximum Gasteiger partial charge on any atom is 0.289 e. The summed E-state index contributed by atoms with van der Waals surface area (Å²) in [6.07, 6.45) is 2.01. The minimum atomic E-state index is -0.0959. The van der Waals surface area contributed by atoms with Crippen LogP contribution in [0.15, 0.2) is 16.5 Å². The molecule has 16 heavy (non-hydrogen) atoms. The molecule has 0 bridgehead atoms. The lowest BCUT2D eigenvalue weighted by Gasteiger charge is -2.30. The fourth-order valence-electron chi connectivity index (χ4n) is 1.88. The summed E-state index contributed by atoms with van der Waals surface area (Å²) in [6.45, 7) is 1.41. The third kappa shape index (κ3) is 2.39. The second-order valence-electron chi connectivity index (χ2n) is 3.83. The van der Waals surface area contributed by atoms with E-state index < -0.39 is 0 Å². The van der Waals surface area contributed by atoms with Gasteiger partial charge in [0.1, 0.15) is 0 Å². The normalized spacial score (nSPS) is 17.8. The van der Waals surface area contributed by atoms with Crippen molar-refractivity contribution in [3.63, 3.8) is 0 Å². The molecule has 1 fully saturated rings. The van der Waals surface area contributed by atoms with Crippen LogP contribution in [-0.4, -0.2) is 37.1 Å². The van der Waals surface area contributed by atoms with Crippen LogP contribution in [0.4, 0.5) is 0 Å². The average Bonchev–Trinajstić information content (AvgIpc) is 2.75. The van der Waals surface area contributed by atoms with Crippen molar-refractivity contribution in [3.8, 4) is 0 Å². The highest BCUT2D eigenvalue weighted by Gasteiger charge is 2.25. The number of piperidine rings is 1. The molecule has 0 aromatic carbocycles. The summed E-state index contributed by atoms with van der Waals surface area (Å²) in [6, 6.07) is 3.18. The van der Waals surface area contributed by atoms with E-state index >= 15 is 0 Å². The molecular formula is C11H14ClNO3. The summed E-state index contributed by atoms with van der Waals surface area (Å²) < 4.78 is 10.3. The van der Waals surface area contributed by atoms with Gasteiger partial charge in [0.2, 0.25) is 0 Å². The van der Waals surface area contributed by atoms with Gasteiger partial charge in [-0.2, -0.15) is 0 Å². The number of hydrogen-bond donors (Lipinski definition) is 0. The quantitative estimate of drug-likeness (QED) is 0.800. The Hall–Kier alpha value is -1.00. The highest BCUT2D eigenvalue weighted by atomic mass is 35.5. The monoisotopic (exact) mass is 243 g/mol. The summed E-state index contributed by atoms with van der Waals surface area (Å²) in [7, 11) is 1.70. The number of ether oxygens (including phenoxy) is 1. The molecule has 88 valence electrons. The van der Waals surface area contributed by atoms with Gasteiger partial charge < -0.3 is 14.1 Å². The number of amides is 1. The van der Waals surface area contributed by atoms with Crippen LogP contribution in [0, 0.1) is 0 Å². The van der Waals surface area contributed by atoms with E-state index in [1.807, 2.05) is 0 Å². The summed E-state index contributed by atoms with van der Waals surface area (Å²) in [4.78, 5) is 13.7. The molecule has 1 aromatic heterocycles. The number of methoxy groups -OCH3 is 1. The second kappa shape index (κ2) is 4.89. The van der Waals surface area contributed by atoms with Crippen molar-refractivity contribution >= 4 is 17.5 Å². The standard InChI is InChI=1S/C11H14ClNO3/c1-15-8-4-6-13(7-5-8)11(14)9-2-3-10(12)16-9/h2-3,8H,4-7H2,1H3. The number of carbonyl (C=O) groups is 1. The molecule has 4 nitrogen and oxygen atoms in total. The molecule has 1 aliphatic heterocycles. The maximum atomic E-state index is 11.9. The van der Waals surface area contributed by atoms with E-state index in [4.69, 9.17) is 20.8 Å². The predicted molar refractivity (Wildman–Crippen MR) is 59.7 cm³/mol. The Morgan fingerprint density at radius 2 is 2.19 bits per heavy atom. The number of rotatable bonds is 2. The molecule has 0 N–H and O–H groups in total. The maximum absolute atomic E-state index is 11.9. The van der Waals surface area contributed by atoms with E-state index in [-0.39, 0.29) is 17.2 Å².